The van der Waals surface area contributed by atoms with Crippen molar-refractivity contribution in [3.63, 3.8) is 0 Å². The molecule has 2 aromatic heterocycles. The van der Waals surface area contributed by atoms with Gasteiger partial charge in [-0.15, -0.1) is 0 Å². The average molecular weight is 507 g/mol. The van der Waals surface area contributed by atoms with Gasteiger partial charge in [0.25, 0.3) is 0 Å². The van der Waals surface area contributed by atoms with Crippen molar-refractivity contribution in [3.05, 3.63) is 59.2 Å². The first kappa shape index (κ1) is 20.9. The van der Waals surface area contributed by atoms with Crippen molar-refractivity contribution in [3.8, 4) is 0 Å². The number of hydrogen-bond acceptors (Lipinski definition) is 5. The van der Waals surface area contributed by atoms with E-state index >= 15 is 0 Å². The van der Waals surface area contributed by atoms with Crippen molar-refractivity contribution in [2.45, 2.75) is 18.4 Å². The Balaban J connectivity index is 1.62. The highest BCUT2D eigenvalue weighted by atomic mass is 19.4. The van der Waals surface area contributed by atoms with E-state index in [1.54, 1.807) is 4.90 Å². The molecule has 0 bridgehead atoms. The summed E-state index contributed by atoms with van der Waals surface area (Å²) in [7, 11) is 0. The maximum atomic E-state index is 13.5. The van der Waals surface area contributed by atoms with E-state index in [-0.39, 0.29) is 19.6 Å². The molecule has 35 heavy (non-hydrogen) atoms. The Morgan fingerprint density at radius 1 is 1.11 bits per heavy atom. The topological polar surface area (TPSA) is 74.6 Å². The van der Waals surface area contributed by atoms with Crippen LogP contribution in [-0.4, -0.2) is 52.0 Å². The van der Waals surface area contributed by atoms with E-state index in [0.717, 1.165) is 12.1 Å². The number of amides is 1. The fraction of sp³-hybridized carbons (Fsp3) is 0.381. The van der Waals surface area contributed by atoms with Crippen LogP contribution in [0.3, 0.4) is 0 Å². The summed E-state index contributed by atoms with van der Waals surface area (Å²) in [6, 6.07) is 5.36. The summed E-state index contributed by atoms with van der Waals surface area (Å²) in [4.78, 5) is 17.1. The molecule has 1 aromatic carbocycles. The van der Waals surface area contributed by atoms with Gasteiger partial charge in [0.1, 0.15) is 11.6 Å². The summed E-state index contributed by atoms with van der Waals surface area (Å²) in [5, 5.41) is 7.92. The van der Waals surface area contributed by atoms with Crippen molar-refractivity contribution < 1.29 is 39.6 Å². The third kappa shape index (κ3) is 5.16. The number of rotatable bonds is 6. The molecule has 1 fully saturated rings. The van der Waals surface area contributed by atoms with Gasteiger partial charge in [-0.2, -0.15) is 36.0 Å². The first-order valence-corrected chi connectivity index (χ1v) is 10.1. The summed E-state index contributed by atoms with van der Waals surface area (Å²) >= 11 is 0. The van der Waals surface area contributed by atoms with Crippen LogP contribution < -0.4 is 10.6 Å². The molecule has 2 N–H and O–H groups in total. The number of carbonyl (C=O) groups excluding carboxylic acids is 1. The summed E-state index contributed by atoms with van der Waals surface area (Å²) in [6.07, 6.45) is -9.89. The molecule has 1 aliphatic rings. The minimum atomic E-state index is -4.96. The van der Waals surface area contributed by atoms with Gasteiger partial charge < -0.3 is 10.6 Å². The van der Waals surface area contributed by atoms with Crippen molar-refractivity contribution >= 4 is 17.4 Å². The van der Waals surface area contributed by atoms with Gasteiger partial charge in [0.2, 0.25) is 5.91 Å². The number of aromatic nitrogens is 3. The summed E-state index contributed by atoms with van der Waals surface area (Å²) in [5.41, 5.74) is -3.07. The highest BCUT2D eigenvalue weighted by Gasteiger charge is 2.39. The van der Waals surface area contributed by atoms with Crippen LogP contribution in [0.2, 0.25) is 0 Å². The van der Waals surface area contributed by atoms with Crippen molar-refractivity contribution in [1.82, 2.24) is 24.8 Å². The quantitative estimate of drug-likeness (QED) is 0.498. The molecule has 1 aliphatic heterocycles. The van der Waals surface area contributed by atoms with E-state index in [1.807, 2.05) is 5.32 Å². The van der Waals surface area contributed by atoms with Crippen molar-refractivity contribution in [2.24, 2.45) is 5.92 Å². The Bertz CT molecular complexity index is 1320. The monoisotopic (exact) mass is 507 g/mol. The highest BCUT2D eigenvalue weighted by molar-refractivity contribution is 5.79. The number of fused-ring (bicyclic) bond motifs is 1. The van der Waals surface area contributed by atoms with Gasteiger partial charge in [0.15, 0.2) is 17.0 Å². The standard InChI is InChI=1S/C21H19F7N6O/c1-29-19(35)12-9-33(10-12)14(11-2-4-13(22)5-3-11)8-30-17-6-15(20(23,24)25)31-18-7-16(21(26,27)28)32-34(17)18/h2-7,12,14,30H,8-10H2,1H3,(H,29,35)/t14-/m0/s1/i1D3. The van der Waals surface area contributed by atoms with Gasteiger partial charge in [0.05, 0.1) is 12.0 Å². The summed E-state index contributed by atoms with van der Waals surface area (Å²) in [6.45, 7) is -2.72. The van der Waals surface area contributed by atoms with Crippen LogP contribution in [0, 0.1) is 11.7 Å². The third-order valence-electron chi connectivity index (χ3n) is 5.58. The molecule has 1 saturated heterocycles. The first-order valence-electron chi connectivity index (χ1n) is 11.6. The molecule has 0 unspecified atom stereocenters. The van der Waals surface area contributed by atoms with Gasteiger partial charge >= 0.3 is 12.4 Å². The Kier molecular flexibility index (Phi) is 5.37. The lowest BCUT2D eigenvalue weighted by atomic mass is 9.93. The van der Waals surface area contributed by atoms with E-state index in [9.17, 15) is 35.5 Å². The largest absolute Gasteiger partial charge is 0.435 e. The molecule has 1 atom stereocenters. The minimum absolute atomic E-state index is 0.0746. The van der Waals surface area contributed by atoms with E-state index < -0.39 is 65.9 Å². The van der Waals surface area contributed by atoms with Crippen LogP contribution in [-0.2, 0) is 17.1 Å². The lowest BCUT2D eigenvalue weighted by Crippen LogP contribution is -2.55. The predicted octanol–water partition coefficient (Wildman–Crippen LogP) is 3.74. The number of hydrogen-bond donors (Lipinski definition) is 2. The van der Waals surface area contributed by atoms with Crippen molar-refractivity contribution in [1.29, 1.82) is 0 Å². The number of carbonyl (C=O) groups is 1. The summed E-state index contributed by atoms with van der Waals surface area (Å²) < 4.78 is 115. The molecule has 188 valence electrons. The number of nitrogens with one attached hydrogen (secondary N) is 2. The van der Waals surface area contributed by atoms with Crippen LogP contribution in [0.5, 0.6) is 0 Å². The second-order valence-corrected chi connectivity index (χ2v) is 7.91. The maximum Gasteiger partial charge on any atom is 0.435 e. The number of benzene rings is 1. The van der Waals surface area contributed by atoms with Gasteiger partial charge in [-0.25, -0.2) is 9.37 Å². The van der Waals surface area contributed by atoms with Gasteiger partial charge in [-0.1, -0.05) is 12.1 Å². The minimum Gasteiger partial charge on any atom is -0.368 e. The third-order valence-corrected chi connectivity index (χ3v) is 5.58. The van der Waals surface area contributed by atoms with Gasteiger partial charge in [-0.05, 0) is 17.7 Å². The molecule has 0 spiro atoms. The molecule has 1 amide bonds. The second-order valence-electron chi connectivity index (χ2n) is 7.91. The zero-order valence-electron chi connectivity index (χ0n) is 20.6. The van der Waals surface area contributed by atoms with Crippen LogP contribution in [0.25, 0.3) is 5.65 Å². The zero-order valence-corrected chi connectivity index (χ0v) is 17.6. The predicted molar refractivity (Wildman–Crippen MR) is 110 cm³/mol. The normalized spacial score (nSPS) is 17.9. The highest BCUT2D eigenvalue weighted by Crippen LogP contribution is 2.34. The van der Waals surface area contributed by atoms with Crippen LogP contribution in [0.15, 0.2) is 36.4 Å². The van der Waals surface area contributed by atoms with Crippen LogP contribution in [0.4, 0.5) is 36.6 Å². The number of anilines is 1. The van der Waals surface area contributed by atoms with Gasteiger partial charge in [0, 0.05) is 42.9 Å². The fourth-order valence-corrected chi connectivity index (χ4v) is 3.76. The molecule has 7 nitrogen and oxygen atoms in total. The van der Waals surface area contributed by atoms with E-state index in [2.05, 4.69) is 15.4 Å². The Hall–Kier alpha value is -3.42. The molecule has 0 aliphatic carbocycles. The molecule has 0 radical (unpaired) electrons. The van der Waals surface area contributed by atoms with E-state index in [1.165, 1.54) is 12.1 Å². The smallest absolute Gasteiger partial charge is 0.368 e. The zero-order chi connectivity index (χ0) is 28.0. The lowest BCUT2D eigenvalue weighted by Gasteiger charge is -2.43. The SMILES string of the molecule is [2H]C([2H])([2H])NC(=O)C1CN([C@@H](CNc2cc(C(F)(F)F)nc3cc(C(F)(F)F)nn23)c2ccc(F)cc2)C1. The molecule has 4 rings (SSSR count). The average Bonchev–Trinajstić information content (AvgIpc) is 3.19. The van der Waals surface area contributed by atoms with E-state index in [4.69, 9.17) is 4.11 Å². The molecule has 3 aromatic rings. The number of alkyl halides is 6. The number of likely N-dealkylation sites (tertiary alicyclic amines) is 1. The first-order chi connectivity index (χ1) is 17.5. The van der Waals surface area contributed by atoms with Crippen LogP contribution >= 0.6 is 0 Å². The molecule has 14 heteroatoms. The molecular weight excluding hydrogens is 485 g/mol. The fourth-order valence-electron chi connectivity index (χ4n) is 3.76. The molecule has 0 saturated carbocycles. The molecular formula is C21H19F7N6O. The van der Waals surface area contributed by atoms with E-state index in [0.29, 0.717) is 22.2 Å². The number of halogens is 7. The number of nitrogens with zero attached hydrogens (tertiary/aromatic N) is 4. The Labute approximate surface area is 198 Å². The Morgan fingerprint density at radius 2 is 1.77 bits per heavy atom. The molecule has 3 heterocycles. The second kappa shape index (κ2) is 8.98. The van der Waals surface area contributed by atoms with Crippen molar-refractivity contribution in [2.75, 3.05) is 31.9 Å². The van der Waals surface area contributed by atoms with Gasteiger partial charge in [-0.3, -0.25) is 9.69 Å². The Morgan fingerprint density at radius 3 is 2.37 bits per heavy atom. The summed E-state index contributed by atoms with van der Waals surface area (Å²) in [5.74, 6) is -2.39. The van der Waals surface area contributed by atoms with Crippen LogP contribution in [0.1, 0.15) is 27.1 Å². The maximum absolute atomic E-state index is 13.5. The lowest BCUT2D eigenvalue weighted by molar-refractivity contribution is -0.142.